The summed E-state index contributed by atoms with van der Waals surface area (Å²) in [6, 6.07) is 6.47. The van der Waals surface area contributed by atoms with Crippen LogP contribution in [0, 0.1) is 0 Å². The number of nitrogens with zero attached hydrogens (tertiary/aromatic N) is 2. The molecular weight excluding hydrogens is 389 g/mol. The van der Waals surface area contributed by atoms with Gasteiger partial charge in [-0.05, 0) is 11.1 Å². The average Bonchev–Trinajstić information content (AvgIpc) is 2.85. The molecule has 0 aromatic heterocycles. The zero-order valence-electron chi connectivity index (χ0n) is 13.3. The summed E-state index contributed by atoms with van der Waals surface area (Å²) in [6.45, 7) is -0.262. The van der Waals surface area contributed by atoms with Gasteiger partial charge in [0.15, 0.2) is 0 Å². The molecule has 0 saturated carbocycles. The number of rotatable bonds is 4. The number of fused-ring (bicyclic) bond motifs is 1. The maximum absolute atomic E-state index is 12.3. The van der Waals surface area contributed by atoms with Crippen LogP contribution < -0.4 is 5.73 Å². The van der Waals surface area contributed by atoms with Gasteiger partial charge in [0.1, 0.15) is 18.7 Å². The quantitative estimate of drug-likeness (QED) is 0.276. The van der Waals surface area contributed by atoms with Crippen LogP contribution in [0.3, 0.4) is 0 Å². The maximum atomic E-state index is 12.3. The Bertz CT molecular complexity index is 903. The van der Waals surface area contributed by atoms with Gasteiger partial charge in [-0.15, -0.1) is 0 Å². The number of amides is 3. The molecule has 2 saturated heterocycles. The summed E-state index contributed by atoms with van der Waals surface area (Å²) in [5, 5.41) is 0. The van der Waals surface area contributed by atoms with E-state index < -0.39 is 40.3 Å². The van der Waals surface area contributed by atoms with Crippen molar-refractivity contribution in [1.82, 2.24) is 9.21 Å². The molecule has 2 atom stereocenters. The molecule has 3 rings (SSSR count). The van der Waals surface area contributed by atoms with Crippen LogP contribution >= 0.6 is 0 Å². The van der Waals surface area contributed by atoms with Gasteiger partial charge < -0.3 is 10.5 Å². The van der Waals surface area contributed by atoms with E-state index >= 15 is 0 Å². The van der Waals surface area contributed by atoms with Crippen LogP contribution in [0.15, 0.2) is 42.0 Å². The number of ether oxygens (including phenoxy) is 1. The van der Waals surface area contributed by atoms with Gasteiger partial charge in [0, 0.05) is 12.6 Å². The number of primary amides is 1. The van der Waals surface area contributed by atoms with Gasteiger partial charge in [-0.25, -0.2) is 9.10 Å². The number of benzene rings is 1. The Morgan fingerprint density at radius 1 is 1.26 bits per heavy atom. The molecule has 1 aromatic rings. The number of likely N-dealkylation sites (tertiary alicyclic amines) is 1. The molecule has 0 unspecified atom stereocenters. The summed E-state index contributed by atoms with van der Waals surface area (Å²) < 4.78 is 37.3. The van der Waals surface area contributed by atoms with E-state index in [1.54, 1.807) is 30.3 Å². The molecule has 1 aromatic carbocycles. The predicted molar refractivity (Wildman–Crippen MR) is 93.7 cm³/mol. The Labute approximate surface area is 177 Å². The first-order chi connectivity index (χ1) is 12.2. The molecule has 27 heavy (non-hydrogen) atoms. The standard InChI is InChI=1S/C15H15N3O7S.Na.H/c16-11(19)6-10-7-17(13-12(10)18(14(13)20)26(22,23)24)15(21)25-8-9-4-2-1-3-5-9;;/h1-6,12-13H,7-8H2,(H2,16,19)(H,22,23,24);;/b10-6-;;/t12-,13+;;/m1../s1. The summed E-state index contributed by atoms with van der Waals surface area (Å²) >= 11 is 0. The van der Waals surface area contributed by atoms with Crippen molar-refractivity contribution in [2.45, 2.75) is 18.7 Å². The van der Waals surface area contributed by atoms with Crippen LogP contribution in [0.1, 0.15) is 5.56 Å². The van der Waals surface area contributed by atoms with Gasteiger partial charge >= 0.3 is 46.0 Å². The Morgan fingerprint density at radius 3 is 2.44 bits per heavy atom. The third kappa shape index (κ3) is 4.17. The second-order valence-electron chi connectivity index (χ2n) is 5.79. The van der Waals surface area contributed by atoms with Crippen LogP contribution in [0.5, 0.6) is 0 Å². The van der Waals surface area contributed by atoms with Gasteiger partial charge in [0.05, 0.1) is 0 Å². The minimum absolute atomic E-state index is 0. The SMILES string of the molecule is NC(=O)/C=C1/CN(C(=O)OCc2ccccc2)[C@@H]2C(=O)N(S(=O)(=O)O)[C@H]12.[NaH]. The molecule has 0 spiro atoms. The molecule has 0 aliphatic carbocycles. The van der Waals surface area contributed by atoms with E-state index in [-0.39, 0.29) is 52.6 Å². The number of nitrogens with two attached hydrogens (primary N) is 1. The molecule has 2 aliphatic rings. The van der Waals surface area contributed by atoms with E-state index in [0.29, 0.717) is 0 Å². The summed E-state index contributed by atoms with van der Waals surface area (Å²) in [7, 11) is -4.83. The van der Waals surface area contributed by atoms with Crippen molar-refractivity contribution >= 4 is 57.8 Å². The van der Waals surface area contributed by atoms with Crippen LogP contribution in [-0.4, -0.2) is 88.3 Å². The number of carbonyl (C=O) groups is 3. The van der Waals surface area contributed by atoms with E-state index in [1.165, 1.54) is 0 Å². The Kier molecular flexibility index (Phi) is 6.32. The van der Waals surface area contributed by atoms with Crippen molar-refractivity contribution in [3.63, 3.8) is 0 Å². The van der Waals surface area contributed by atoms with Gasteiger partial charge in [0.2, 0.25) is 5.91 Å². The van der Waals surface area contributed by atoms with Crippen LogP contribution in [-0.2, 0) is 31.2 Å². The third-order valence-corrected chi connectivity index (χ3v) is 5.01. The van der Waals surface area contributed by atoms with Gasteiger partial charge in [0.25, 0.3) is 5.91 Å². The zero-order valence-corrected chi connectivity index (χ0v) is 14.1. The third-order valence-electron chi connectivity index (χ3n) is 4.11. The first-order valence-electron chi connectivity index (χ1n) is 7.48. The summed E-state index contributed by atoms with van der Waals surface area (Å²) in [5.41, 5.74) is 5.93. The van der Waals surface area contributed by atoms with Crippen molar-refractivity contribution in [3.8, 4) is 0 Å². The molecule has 3 amide bonds. The number of hydrogen-bond acceptors (Lipinski definition) is 6. The number of carbonyl (C=O) groups excluding carboxylic acids is 3. The van der Waals surface area contributed by atoms with Crippen molar-refractivity contribution in [3.05, 3.63) is 47.5 Å². The van der Waals surface area contributed by atoms with E-state index in [9.17, 15) is 27.4 Å². The Hall–Kier alpha value is -1.92. The molecule has 12 heteroatoms. The van der Waals surface area contributed by atoms with Gasteiger partial charge in [-0.2, -0.15) is 8.42 Å². The second-order valence-corrected chi connectivity index (χ2v) is 7.08. The zero-order chi connectivity index (χ0) is 19.1. The van der Waals surface area contributed by atoms with Crippen molar-refractivity contribution in [2.24, 2.45) is 5.73 Å². The molecule has 0 bridgehead atoms. The number of β-lactam (4-membered cyclic amide) rings is 1. The minimum atomic E-state index is -4.83. The first-order valence-corrected chi connectivity index (χ1v) is 8.87. The molecule has 2 heterocycles. The fourth-order valence-electron chi connectivity index (χ4n) is 3.05. The number of hydrogen-bond donors (Lipinski definition) is 2. The van der Waals surface area contributed by atoms with Crippen molar-refractivity contribution in [2.75, 3.05) is 6.54 Å². The normalized spacial score (nSPS) is 22.7. The molecule has 10 nitrogen and oxygen atoms in total. The fourth-order valence-corrected chi connectivity index (χ4v) is 3.92. The van der Waals surface area contributed by atoms with Crippen LogP contribution in [0.2, 0.25) is 0 Å². The molecule has 2 aliphatic heterocycles. The molecule has 0 radical (unpaired) electrons. The monoisotopic (exact) mass is 405 g/mol. The van der Waals surface area contributed by atoms with Crippen LogP contribution in [0.4, 0.5) is 4.79 Å². The van der Waals surface area contributed by atoms with E-state index in [4.69, 9.17) is 10.5 Å². The van der Waals surface area contributed by atoms with Gasteiger partial charge in [-0.1, -0.05) is 30.3 Å². The summed E-state index contributed by atoms with van der Waals surface area (Å²) in [4.78, 5) is 36.6. The molecule has 140 valence electrons. The second kappa shape index (κ2) is 7.98. The fraction of sp³-hybridized carbons (Fsp3) is 0.267. The summed E-state index contributed by atoms with van der Waals surface area (Å²) in [6.07, 6.45) is 0.0901. The Morgan fingerprint density at radius 2 is 1.89 bits per heavy atom. The molecule has 3 N–H and O–H groups in total. The average molecular weight is 405 g/mol. The van der Waals surface area contributed by atoms with E-state index in [1.807, 2.05) is 0 Å². The topological polar surface area (TPSA) is 147 Å². The predicted octanol–water partition coefficient (Wildman–Crippen LogP) is -1.22. The van der Waals surface area contributed by atoms with Crippen LogP contribution in [0.25, 0.3) is 0 Å². The Balaban J connectivity index is 0.00000261. The van der Waals surface area contributed by atoms with Gasteiger partial charge in [-0.3, -0.25) is 19.0 Å². The van der Waals surface area contributed by atoms with Crippen molar-refractivity contribution < 1.29 is 32.1 Å². The molecule has 2 fully saturated rings. The summed E-state index contributed by atoms with van der Waals surface area (Å²) in [5.74, 6) is -1.85. The van der Waals surface area contributed by atoms with E-state index in [2.05, 4.69) is 0 Å². The van der Waals surface area contributed by atoms with Crippen molar-refractivity contribution in [1.29, 1.82) is 0 Å². The molecular formula is C15H16N3NaO7S. The van der Waals surface area contributed by atoms with E-state index in [0.717, 1.165) is 16.5 Å². The first kappa shape index (κ1) is 21.4.